The third-order valence-electron chi connectivity index (χ3n) is 4.34. The summed E-state index contributed by atoms with van der Waals surface area (Å²) in [5, 5.41) is 10.6. The van der Waals surface area contributed by atoms with Gasteiger partial charge in [0.1, 0.15) is 24.4 Å². The monoisotopic (exact) mass is 432 g/mol. The molecule has 0 unspecified atom stereocenters. The van der Waals surface area contributed by atoms with Crippen molar-refractivity contribution < 1.29 is 9.84 Å². The van der Waals surface area contributed by atoms with Crippen molar-refractivity contribution in [3.8, 4) is 33.9 Å². The van der Waals surface area contributed by atoms with Gasteiger partial charge in [0.2, 0.25) is 0 Å². The molecule has 1 heterocycles. The van der Waals surface area contributed by atoms with Crippen LogP contribution in [0.15, 0.2) is 89.8 Å². The van der Waals surface area contributed by atoms with Gasteiger partial charge in [-0.15, -0.1) is 0 Å². The van der Waals surface area contributed by atoms with E-state index >= 15 is 0 Å². The first kappa shape index (κ1) is 18.2. The minimum Gasteiger partial charge on any atom is -0.507 e. The van der Waals surface area contributed by atoms with E-state index in [-0.39, 0.29) is 5.75 Å². The molecule has 0 aliphatic rings. The van der Waals surface area contributed by atoms with E-state index in [1.807, 2.05) is 66.7 Å². The lowest BCUT2D eigenvalue weighted by Crippen LogP contribution is -1.96. The fourth-order valence-corrected chi connectivity index (χ4v) is 3.19. The molecule has 0 amide bonds. The highest BCUT2D eigenvalue weighted by molar-refractivity contribution is 9.10. The van der Waals surface area contributed by atoms with Gasteiger partial charge in [-0.1, -0.05) is 58.4 Å². The van der Waals surface area contributed by atoms with Crippen LogP contribution in [0.3, 0.4) is 0 Å². The summed E-state index contributed by atoms with van der Waals surface area (Å²) in [5.41, 5.74) is 4.20. The summed E-state index contributed by atoms with van der Waals surface area (Å²) in [5.74, 6) is 0.715. The molecule has 0 spiro atoms. The zero-order chi connectivity index (χ0) is 19.3. The van der Waals surface area contributed by atoms with Crippen LogP contribution in [0.1, 0.15) is 5.56 Å². The number of benzene rings is 3. The molecule has 4 nitrogen and oxygen atoms in total. The van der Waals surface area contributed by atoms with E-state index in [0.717, 1.165) is 21.2 Å². The molecule has 3 aromatic carbocycles. The number of ether oxygens (including phenoxy) is 1. The summed E-state index contributed by atoms with van der Waals surface area (Å²) in [6.45, 7) is 0.442. The fraction of sp³-hybridized carbons (Fsp3) is 0.0435. The number of hydrogen-bond donors (Lipinski definition) is 1. The van der Waals surface area contributed by atoms with Crippen LogP contribution in [-0.2, 0) is 6.61 Å². The topological polar surface area (TPSA) is 55.2 Å². The standard InChI is InChI=1S/C23H17BrN2O2/c24-18-8-6-17(7-9-18)21-13-25-15-26-23(21)20-11-10-19(12-22(20)27)28-14-16-4-2-1-3-5-16/h1-13,15,27H,14H2. The molecule has 0 aliphatic heterocycles. The van der Waals surface area contributed by atoms with Gasteiger partial charge in [0.25, 0.3) is 0 Å². The number of halogens is 1. The lowest BCUT2D eigenvalue weighted by atomic mass is 10.0. The molecule has 0 radical (unpaired) electrons. The van der Waals surface area contributed by atoms with E-state index in [9.17, 15) is 5.11 Å². The summed E-state index contributed by atoms with van der Waals surface area (Å²) >= 11 is 3.45. The van der Waals surface area contributed by atoms with Crippen molar-refractivity contribution in [2.24, 2.45) is 0 Å². The maximum atomic E-state index is 10.6. The Bertz CT molecular complexity index is 1080. The average Bonchev–Trinajstić information content (AvgIpc) is 2.74. The van der Waals surface area contributed by atoms with Gasteiger partial charge in [-0.05, 0) is 35.4 Å². The van der Waals surface area contributed by atoms with Crippen LogP contribution in [0.4, 0.5) is 0 Å². The quantitative estimate of drug-likeness (QED) is 0.429. The van der Waals surface area contributed by atoms with E-state index in [1.54, 1.807) is 12.3 Å². The van der Waals surface area contributed by atoms with Gasteiger partial charge < -0.3 is 9.84 Å². The zero-order valence-electron chi connectivity index (χ0n) is 14.9. The second-order valence-electron chi connectivity index (χ2n) is 6.25. The number of hydrogen-bond acceptors (Lipinski definition) is 4. The van der Waals surface area contributed by atoms with Gasteiger partial charge in [-0.2, -0.15) is 0 Å². The van der Waals surface area contributed by atoms with Crippen LogP contribution in [0, 0.1) is 0 Å². The Morgan fingerprint density at radius 2 is 1.68 bits per heavy atom. The molecule has 0 saturated carbocycles. The Kier molecular flexibility index (Phi) is 5.35. The van der Waals surface area contributed by atoms with E-state index in [4.69, 9.17) is 4.74 Å². The number of aromatic nitrogens is 2. The highest BCUT2D eigenvalue weighted by Crippen LogP contribution is 2.37. The second-order valence-corrected chi connectivity index (χ2v) is 7.16. The SMILES string of the molecule is Oc1cc(OCc2ccccc2)ccc1-c1ncncc1-c1ccc(Br)cc1. The molecule has 0 saturated heterocycles. The molecule has 0 atom stereocenters. The van der Waals surface area contributed by atoms with E-state index < -0.39 is 0 Å². The van der Waals surface area contributed by atoms with Crippen molar-refractivity contribution in [2.75, 3.05) is 0 Å². The number of phenolic OH excluding ortho intramolecular Hbond substituents is 1. The number of nitrogens with zero attached hydrogens (tertiary/aromatic N) is 2. The molecule has 28 heavy (non-hydrogen) atoms. The Morgan fingerprint density at radius 1 is 0.893 bits per heavy atom. The lowest BCUT2D eigenvalue weighted by molar-refractivity contribution is 0.304. The first-order chi connectivity index (χ1) is 13.7. The smallest absolute Gasteiger partial charge is 0.128 e. The van der Waals surface area contributed by atoms with Crippen LogP contribution < -0.4 is 4.74 Å². The van der Waals surface area contributed by atoms with Crippen molar-refractivity contribution in [2.45, 2.75) is 6.61 Å². The Balaban J connectivity index is 1.62. The molecule has 0 bridgehead atoms. The summed E-state index contributed by atoms with van der Waals surface area (Å²) in [6.07, 6.45) is 3.24. The van der Waals surface area contributed by atoms with Crippen LogP contribution in [-0.4, -0.2) is 15.1 Å². The molecule has 0 fully saturated rings. The van der Waals surface area contributed by atoms with Gasteiger partial charge in [-0.25, -0.2) is 9.97 Å². The number of rotatable bonds is 5. The van der Waals surface area contributed by atoms with Crippen molar-refractivity contribution in [3.05, 3.63) is 95.4 Å². The molecule has 4 rings (SSSR count). The van der Waals surface area contributed by atoms with E-state index in [2.05, 4.69) is 25.9 Å². The molecule has 1 N–H and O–H groups in total. The Labute approximate surface area is 171 Å². The molecular weight excluding hydrogens is 416 g/mol. The lowest BCUT2D eigenvalue weighted by Gasteiger charge is -2.12. The molecule has 0 aliphatic carbocycles. The Morgan fingerprint density at radius 3 is 2.43 bits per heavy atom. The van der Waals surface area contributed by atoms with Crippen molar-refractivity contribution in [1.29, 1.82) is 0 Å². The molecule has 4 aromatic rings. The van der Waals surface area contributed by atoms with Crippen LogP contribution in [0.5, 0.6) is 11.5 Å². The first-order valence-electron chi connectivity index (χ1n) is 8.77. The maximum Gasteiger partial charge on any atom is 0.128 e. The van der Waals surface area contributed by atoms with Gasteiger partial charge in [0.05, 0.1) is 5.69 Å². The summed E-state index contributed by atoms with van der Waals surface area (Å²) < 4.78 is 6.79. The van der Waals surface area contributed by atoms with Crippen molar-refractivity contribution >= 4 is 15.9 Å². The fourth-order valence-electron chi connectivity index (χ4n) is 2.93. The molecule has 138 valence electrons. The summed E-state index contributed by atoms with van der Waals surface area (Å²) in [7, 11) is 0. The number of aromatic hydroxyl groups is 1. The van der Waals surface area contributed by atoms with Crippen LogP contribution in [0.2, 0.25) is 0 Å². The summed E-state index contributed by atoms with van der Waals surface area (Å²) in [4.78, 5) is 8.56. The van der Waals surface area contributed by atoms with Gasteiger partial charge >= 0.3 is 0 Å². The van der Waals surface area contributed by atoms with Gasteiger partial charge in [0, 0.05) is 27.9 Å². The molecular formula is C23H17BrN2O2. The van der Waals surface area contributed by atoms with E-state index in [0.29, 0.717) is 23.6 Å². The highest BCUT2D eigenvalue weighted by Gasteiger charge is 2.14. The minimum absolute atomic E-state index is 0.114. The zero-order valence-corrected chi connectivity index (χ0v) is 16.5. The third kappa shape index (κ3) is 4.05. The number of phenols is 1. The average molecular weight is 433 g/mol. The maximum absolute atomic E-state index is 10.6. The highest BCUT2D eigenvalue weighted by atomic mass is 79.9. The van der Waals surface area contributed by atoms with Crippen LogP contribution >= 0.6 is 15.9 Å². The second kappa shape index (κ2) is 8.23. The Hall–Kier alpha value is -3.18. The van der Waals surface area contributed by atoms with Gasteiger partial charge in [-0.3, -0.25) is 0 Å². The van der Waals surface area contributed by atoms with Crippen LogP contribution in [0.25, 0.3) is 22.4 Å². The minimum atomic E-state index is 0.114. The molecule has 5 heteroatoms. The predicted molar refractivity (Wildman–Crippen MR) is 113 cm³/mol. The van der Waals surface area contributed by atoms with Gasteiger partial charge in [0.15, 0.2) is 0 Å². The largest absolute Gasteiger partial charge is 0.507 e. The normalized spacial score (nSPS) is 10.6. The molecule has 1 aromatic heterocycles. The third-order valence-corrected chi connectivity index (χ3v) is 4.87. The van der Waals surface area contributed by atoms with Crippen molar-refractivity contribution in [3.63, 3.8) is 0 Å². The predicted octanol–water partition coefficient (Wildman–Crippen LogP) is 5.86. The summed E-state index contributed by atoms with van der Waals surface area (Å²) in [6, 6.07) is 23.1. The first-order valence-corrected chi connectivity index (χ1v) is 9.56. The van der Waals surface area contributed by atoms with Crippen molar-refractivity contribution in [1.82, 2.24) is 9.97 Å². The van der Waals surface area contributed by atoms with E-state index in [1.165, 1.54) is 6.33 Å².